The Morgan fingerprint density at radius 3 is 3.07 bits per heavy atom. The summed E-state index contributed by atoms with van der Waals surface area (Å²) in [6.07, 6.45) is 0. The summed E-state index contributed by atoms with van der Waals surface area (Å²) in [4.78, 5) is 4.50. The van der Waals surface area contributed by atoms with Crippen LogP contribution in [0.25, 0.3) is 10.9 Å². The number of halogens is 1. The molecule has 3 rings (SSSR count). The third-order valence-electron chi connectivity index (χ3n) is 2.23. The van der Waals surface area contributed by atoms with Gasteiger partial charge in [0.2, 0.25) is 0 Å². The Labute approximate surface area is 89.0 Å². The summed E-state index contributed by atoms with van der Waals surface area (Å²) < 4.78 is 1.05. The van der Waals surface area contributed by atoms with Crippen LogP contribution in [0.1, 0.15) is 5.69 Å². The van der Waals surface area contributed by atoms with Gasteiger partial charge in [0.05, 0.1) is 11.2 Å². The minimum atomic E-state index is 0.609. The Balaban J connectivity index is 2.36. The zero-order valence-electron chi connectivity index (χ0n) is 7.24. The lowest BCUT2D eigenvalue weighted by Gasteiger charge is -2.00. The summed E-state index contributed by atoms with van der Waals surface area (Å²) in [7, 11) is 0. The first-order chi connectivity index (χ1) is 6.83. The third-order valence-corrected chi connectivity index (χ3v) is 2.73. The average molecular weight is 248 g/mol. The van der Waals surface area contributed by atoms with Crippen LogP contribution in [0.4, 0.5) is 5.69 Å². The van der Waals surface area contributed by atoms with E-state index in [4.69, 9.17) is 0 Å². The maximum atomic E-state index is 4.50. The predicted molar refractivity (Wildman–Crippen MR) is 57.7 cm³/mol. The number of hydrogen-bond donors (Lipinski definition) is 0. The summed E-state index contributed by atoms with van der Waals surface area (Å²) in [6, 6.07) is 8.07. The number of hydrogen-bond acceptors (Lipinski definition) is 3. The molecule has 0 N–H and O–H groups in total. The molecule has 0 unspecified atom stereocenters. The highest BCUT2D eigenvalue weighted by molar-refractivity contribution is 9.10. The zero-order valence-corrected chi connectivity index (χ0v) is 8.82. The second-order valence-corrected chi connectivity index (χ2v) is 4.11. The topological polar surface area (TPSA) is 37.6 Å². The minimum Gasteiger partial charge on any atom is -0.248 e. The number of benzene rings is 1. The molecule has 0 amide bonds. The van der Waals surface area contributed by atoms with Crippen LogP contribution in [0.2, 0.25) is 0 Å². The summed E-state index contributed by atoms with van der Waals surface area (Å²) in [5.74, 6) is 0. The lowest BCUT2D eigenvalue weighted by atomic mass is 10.2. The molecule has 1 aromatic heterocycles. The molecule has 68 valence electrons. The second-order valence-electron chi connectivity index (χ2n) is 3.19. The molecule has 3 nitrogen and oxygen atoms in total. The van der Waals surface area contributed by atoms with Crippen molar-refractivity contribution in [1.29, 1.82) is 0 Å². The van der Waals surface area contributed by atoms with Crippen molar-refractivity contribution in [3.8, 4) is 0 Å². The van der Waals surface area contributed by atoms with Crippen LogP contribution < -0.4 is 0 Å². The van der Waals surface area contributed by atoms with E-state index in [0.717, 1.165) is 26.8 Å². The SMILES string of the molecule is Brc1ccc2cc3c(nc2c1)CN=N3. The third kappa shape index (κ3) is 1.14. The smallest absolute Gasteiger partial charge is 0.109 e. The Bertz CT molecular complexity index is 548. The van der Waals surface area contributed by atoms with Crippen LogP contribution in [0, 0.1) is 0 Å². The number of azo groups is 1. The van der Waals surface area contributed by atoms with Crippen LogP contribution in [0.3, 0.4) is 0 Å². The Morgan fingerprint density at radius 1 is 1.21 bits per heavy atom. The van der Waals surface area contributed by atoms with E-state index < -0.39 is 0 Å². The van der Waals surface area contributed by atoms with E-state index >= 15 is 0 Å². The van der Waals surface area contributed by atoms with Crippen molar-refractivity contribution < 1.29 is 0 Å². The molecule has 2 heterocycles. The van der Waals surface area contributed by atoms with E-state index in [1.807, 2.05) is 24.3 Å². The van der Waals surface area contributed by atoms with Gasteiger partial charge < -0.3 is 0 Å². The maximum absolute atomic E-state index is 4.50. The monoisotopic (exact) mass is 247 g/mol. The Hall–Kier alpha value is -1.29. The molecule has 0 aliphatic carbocycles. The molecular formula is C10H6BrN3. The first kappa shape index (κ1) is 8.05. The van der Waals surface area contributed by atoms with E-state index in [1.165, 1.54) is 0 Å². The number of pyridine rings is 1. The molecule has 0 saturated carbocycles. The van der Waals surface area contributed by atoms with Gasteiger partial charge in [0.15, 0.2) is 0 Å². The zero-order chi connectivity index (χ0) is 9.54. The Kier molecular flexibility index (Phi) is 1.64. The largest absolute Gasteiger partial charge is 0.248 e. The van der Waals surface area contributed by atoms with E-state index in [2.05, 4.69) is 31.1 Å². The fourth-order valence-corrected chi connectivity index (χ4v) is 1.90. The second kappa shape index (κ2) is 2.85. The normalized spacial score (nSPS) is 13.5. The van der Waals surface area contributed by atoms with Gasteiger partial charge in [-0.2, -0.15) is 10.2 Å². The van der Waals surface area contributed by atoms with Crippen LogP contribution in [0.5, 0.6) is 0 Å². The number of nitrogens with zero attached hydrogens (tertiary/aromatic N) is 3. The molecule has 0 radical (unpaired) electrons. The van der Waals surface area contributed by atoms with Gasteiger partial charge in [-0.3, -0.25) is 0 Å². The summed E-state index contributed by atoms with van der Waals surface area (Å²) >= 11 is 3.43. The van der Waals surface area contributed by atoms with E-state index in [-0.39, 0.29) is 0 Å². The number of fused-ring (bicyclic) bond motifs is 2. The molecule has 0 saturated heterocycles. The lowest BCUT2D eigenvalue weighted by molar-refractivity contribution is 1.00. The van der Waals surface area contributed by atoms with Gasteiger partial charge in [-0.15, -0.1) is 0 Å². The molecule has 14 heavy (non-hydrogen) atoms. The van der Waals surface area contributed by atoms with Gasteiger partial charge >= 0.3 is 0 Å². The molecule has 1 aliphatic rings. The van der Waals surface area contributed by atoms with Gasteiger partial charge in [0, 0.05) is 9.86 Å². The summed E-state index contributed by atoms with van der Waals surface area (Å²) in [6.45, 7) is 0.609. The van der Waals surface area contributed by atoms with Crippen molar-refractivity contribution in [3.63, 3.8) is 0 Å². The van der Waals surface area contributed by atoms with Crippen molar-refractivity contribution in [3.05, 3.63) is 34.4 Å². The van der Waals surface area contributed by atoms with Gasteiger partial charge in [-0.1, -0.05) is 22.0 Å². The van der Waals surface area contributed by atoms with Gasteiger partial charge in [0.25, 0.3) is 0 Å². The average Bonchev–Trinajstić information content (AvgIpc) is 2.61. The minimum absolute atomic E-state index is 0.609. The summed E-state index contributed by atoms with van der Waals surface area (Å²) in [5, 5.41) is 9.07. The standard InChI is InChI=1S/C10H6BrN3/c11-7-2-1-6-3-9-10(5-12-14-9)13-8(6)4-7/h1-4H,5H2. The Morgan fingerprint density at radius 2 is 2.14 bits per heavy atom. The molecule has 2 aromatic rings. The molecular weight excluding hydrogens is 242 g/mol. The van der Waals surface area contributed by atoms with Crippen LogP contribution >= 0.6 is 15.9 Å². The molecule has 0 spiro atoms. The van der Waals surface area contributed by atoms with Crippen LogP contribution in [-0.2, 0) is 6.54 Å². The van der Waals surface area contributed by atoms with E-state index in [1.54, 1.807) is 0 Å². The van der Waals surface area contributed by atoms with E-state index in [9.17, 15) is 0 Å². The van der Waals surface area contributed by atoms with Crippen LogP contribution in [-0.4, -0.2) is 4.98 Å². The van der Waals surface area contributed by atoms with E-state index in [0.29, 0.717) is 6.54 Å². The van der Waals surface area contributed by atoms with Gasteiger partial charge in [0.1, 0.15) is 12.2 Å². The number of rotatable bonds is 0. The lowest BCUT2D eigenvalue weighted by Crippen LogP contribution is -1.85. The first-order valence-corrected chi connectivity index (χ1v) is 5.09. The molecule has 1 aliphatic heterocycles. The van der Waals surface area contributed by atoms with Crippen molar-refractivity contribution in [1.82, 2.24) is 4.98 Å². The van der Waals surface area contributed by atoms with Gasteiger partial charge in [-0.05, 0) is 18.2 Å². The van der Waals surface area contributed by atoms with Crippen molar-refractivity contribution in [2.24, 2.45) is 10.2 Å². The molecule has 0 bridgehead atoms. The predicted octanol–water partition coefficient (Wildman–Crippen LogP) is 3.59. The van der Waals surface area contributed by atoms with Crippen molar-refractivity contribution in [2.45, 2.75) is 6.54 Å². The van der Waals surface area contributed by atoms with Crippen LogP contribution in [0.15, 0.2) is 39.0 Å². The van der Waals surface area contributed by atoms with Crippen molar-refractivity contribution >= 4 is 32.5 Å². The summed E-state index contributed by atoms with van der Waals surface area (Å²) in [5.41, 5.74) is 2.86. The van der Waals surface area contributed by atoms with Gasteiger partial charge in [-0.25, -0.2) is 4.98 Å². The quantitative estimate of drug-likeness (QED) is 0.701. The molecule has 0 atom stereocenters. The highest BCUT2D eigenvalue weighted by Gasteiger charge is 2.10. The maximum Gasteiger partial charge on any atom is 0.109 e. The highest BCUT2D eigenvalue weighted by atomic mass is 79.9. The fourth-order valence-electron chi connectivity index (χ4n) is 1.55. The molecule has 4 heteroatoms. The number of aromatic nitrogens is 1. The van der Waals surface area contributed by atoms with Crippen molar-refractivity contribution in [2.75, 3.05) is 0 Å². The first-order valence-electron chi connectivity index (χ1n) is 4.29. The molecule has 0 fully saturated rings. The fraction of sp³-hybridized carbons (Fsp3) is 0.100. The molecule has 1 aromatic carbocycles. The highest BCUT2D eigenvalue weighted by Crippen LogP contribution is 2.29.